The van der Waals surface area contributed by atoms with Crippen molar-refractivity contribution in [2.24, 2.45) is 7.05 Å². The molecule has 0 fully saturated rings. The van der Waals surface area contributed by atoms with Crippen molar-refractivity contribution in [1.82, 2.24) is 24.5 Å². The Morgan fingerprint density at radius 3 is 2.79 bits per heavy atom. The number of anilines is 1. The minimum Gasteiger partial charge on any atom is -0.289 e. The summed E-state index contributed by atoms with van der Waals surface area (Å²) in [5.41, 5.74) is 2.10. The van der Waals surface area contributed by atoms with Gasteiger partial charge in [0.15, 0.2) is 0 Å². The second-order valence-corrected chi connectivity index (χ2v) is 6.07. The Morgan fingerprint density at radius 1 is 1.33 bits per heavy atom. The third-order valence-corrected chi connectivity index (χ3v) is 4.18. The smallest absolute Gasteiger partial charge is 0.261 e. The molecular formula is C15H14Cl2N6O. The molecule has 2 aromatic heterocycles. The second-order valence-electron chi connectivity index (χ2n) is 5.22. The van der Waals surface area contributed by atoms with Gasteiger partial charge < -0.3 is 0 Å². The summed E-state index contributed by atoms with van der Waals surface area (Å²) in [5.74, 6) is -0.0868. The Kier molecular flexibility index (Phi) is 4.55. The quantitative estimate of drug-likeness (QED) is 0.771. The number of hydrogen-bond acceptors (Lipinski definition) is 4. The fraction of sp³-hybridized carbons (Fsp3) is 0.200. The molecule has 0 saturated carbocycles. The lowest BCUT2D eigenvalue weighted by Gasteiger charge is -2.04. The molecule has 0 bridgehead atoms. The molecule has 3 aromatic rings. The van der Waals surface area contributed by atoms with Gasteiger partial charge in [-0.05, 0) is 24.6 Å². The number of hydrogen-bond donors (Lipinski definition) is 1. The Labute approximate surface area is 148 Å². The first-order valence-corrected chi connectivity index (χ1v) is 7.83. The van der Waals surface area contributed by atoms with E-state index in [4.69, 9.17) is 23.2 Å². The summed E-state index contributed by atoms with van der Waals surface area (Å²) < 4.78 is 3.21. The number of aryl methyl sites for hydroxylation is 1. The van der Waals surface area contributed by atoms with Gasteiger partial charge in [-0.1, -0.05) is 29.3 Å². The van der Waals surface area contributed by atoms with E-state index in [0.29, 0.717) is 22.2 Å². The first-order chi connectivity index (χ1) is 11.4. The maximum atomic E-state index is 12.2. The van der Waals surface area contributed by atoms with Gasteiger partial charge in [0.2, 0.25) is 5.95 Å². The van der Waals surface area contributed by atoms with Crippen LogP contribution in [-0.4, -0.2) is 30.5 Å². The maximum Gasteiger partial charge on any atom is 0.261 e. The van der Waals surface area contributed by atoms with Gasteiger partial charge in [0.05, 0.1) is 18.3 Å². The van der Waals surface area contributed by atoms with Crippen LogP contribution in [0.1, 0.15) is 21.6 Å². The highest BCUT2D eigenvalue weighted by molar-refractivity contribution is 6.35. The molecule has 0 spiro atoms. The highest BCUT2D eigenvalue weighted by Gasteiger charge is 2.15. The van der Waals surface area contributed by atoms with Gasteiger partial charge >= 0.3 is 0 Å². The molecule has 1 N–H and O–H groups in total. The molecule has 0 aliphatic heterocycles. The lowest BCUT2D eigenvalue weighted by Crippen LogP contribution is -2.14. The molecule has 0 saturated heterocycles. The molecule has 0 unspecified atom stereocenters. The molecule has 9 heteroatoms. The van der Waals surface area contributed by atoms with Crippen LogP contribution in [0.25, 0.3) is 0 Å². The number of amides is 1. The van der Waals surface area contributed by atoms with Crippen LogP contribution in [0.2, 0.25) is 10.0 Å². The standard InChI is InChI=1S/C15H14Cl2N6O/c1-9-12(6-19-22(9)2)14(24)20-15-18-8-23(21-15)7-10-3-4-11(16)5-13(10)17/h3-6,8H,7H2,1-2H3,(H,20,21,24). The minimum atomic E-state index is -0.303. The van der Waals surface area contributed by atoms with Crippen molar-refractivity contribution < 1.29 is 4.79 Å². The number of rotatable bonds is 4. The van der Waals surface area contributed by atoms with Crippen LogP contribution >= 0.6 is 23.2 Å². The van der Waals surface area contributed by atoms with Crippen molar-refractivity contribution in [3.05, 3.63) is 57.6 Å². The number of nitrogens with zero attached hydrogens (tertiary/aromatic N) is 5. The summed E-state index contributed by atoms with van der Waals surface area (Å²) in [6, 6.07) is 5.25. The lowest BCUT2D eigenvalue weighted by atomic mass is 10.2. The third kappa shape index (κ3) is 3.42. The molecule has 0 radical (unpaired) electrons. The fourth-order valence-electron chi connectivity index (χ4n) is 2.14. The Balaban J connectivity index is 1.71. The van der Waals surface area contributed by atoms with Gasteiger partial charge in [0, 0.05) is 22.8 Å². The van der Waals surface area contributed by atoms with Gasteiger partial charge in [-0.3, -0.25) is 14.8 Å². The minimum absolute atomic E-state index is 0.216. The zero-order valence-corrected chi connectivity index (χ0v) is 14.5. The van der Waals surface area contributed by atoms with Crippen molar-refractivity contribution in [3.63, 3.8) is 0 Å². The van der Waals surface area contributed by atoms with Crippen LogP contribution in [0.15, 0.2) is 30.7 Å². The van der Waals surface area contributed by atoms with Crippen LogP contribution in [0, 0.1) is 6.92 Å². The average molecular weight is 365 g/mol. The van der Waals surface area contributed by atoms with E-state index in [1.807, 2.05) is 13.0 Å². The van der Waals surface area contributed by atoms with Gasteiger partial charge in [0.25, 0.3) is 5.91 Å². The Morgan fingerprint density at radius 2 is 2.12 bits per heavy atom. The van der Waals surface area contributed by atoms with E-state index in [1.165, 1.54) is 12.5 Å². The summed E-state index contributed by atoms with van der Waals surface area (Å²) in [5, 5.41) is 12.0. The van der Waals surface area contributed by atoms with E-state index in [2.05, 4.69) is 20.5 Å². The molecule has 2 heterocycles. The van der Waals surface area contributed by atoms with Crippen LogP contribution in [0.5, 0.6) is 0 Å². The van der Waals surface area contributed by atoms with Crippen LogP contribution in [0.3, 0.4) is 0 Å². The van der Waals surface area contributed by atoms with E-state index >= 15 is 0 Å². The van der Waals surface area contributed by atoms with E-state index in [1.54, 1.807) is 28.5 Å². The monoisotopic (exact) mass is 364 g/mol. The largest absolute Gasteiger partial charge is 0.289 e. The molecular weight excluding hydrogens is 351 g/mol. The van der Waals surface area contributed by atoms with Crippen molar-refractivity contribution >= 4 is 35.1 Å². The molecule has 0 atom stereocenters. The number of nitrogens with one attached hydrogen (secondary N) is 1. The van der Waals surface area contributed by atoms with Crippen molar-refractivity contribution in [3.8, 4) is 0 Å². The number of halogens is 2. The Hall–Kier alpha value is -2.38. The number of carbonyl (C=O) groups is 1. The number of carbonyl (C=O) groups excluding carboxylic acids is 1. The molecule has 1 aromatic carbocycles. The molecule has 7 nitrogen and oxygen atoms in total. The van der Waals surface area contributed by atoms with E-state index in [0.717, 1.165) is 11.3 Å². The predicted molar refractivity (Wildman–Crippen MR) is 91.5 cm³/mol. The summed E-state index contributed by atoms with van der Waals surface area (Å²) in [7, 11) is 1.77. The van der Waals surface area contributed by atoms with Crippen LogP contribution < -0.4 is 5.32 Å². The lowest BCUT2D eigenvalue weighted by molar-refractivity contribution is 0.102. The van der Waals surface area contributed by atoms with Gasteiger partial charge in [-0.2, -0.15) is 5.10 Å². The first-order valence-electron chi connectivity index (χ1n) is 7.07. The van der Waals surface area contributed by atoms with Crippen molar-refractivity contribution in [2.75, 3.05) is 5.32 Å². The molecule has 24 heavy (non-hydrogen) atoms. The summed E-state index contributed by atoms with van der Waals surface area (Å²) in [6.45, 7) is 2.24. The van der Waals surface area contributed by atoms with Crippen LogP contribution in [-0.2, 0) is 13.6 Å². The second kappa shape index (κ2) is 6.62. The molecule has 124 valence electrons. The third-order valence-electron chi connectivity index (χ3n) is 3.59. The SMILES string of the molecule is Cc1c(C(=O)Nc2ncn(Cc3ccc(Cl)cc3Cl)n2)cnn1C. The zero-order valence-electron chi connectivity index (χ0n) is 13.0. The van der Waals surface area contributed by atoms with Gasteiger partial charge in [0.1, 0.15) is 6.33 Å². The number of benzene rings is 1. The molecule has 0 aliphatic carbocycles. The highest BCUT2D eigenvalue weighted by Crippen LogP contribution is 2.21. The highest BCUT2D eigenvalue weighted by atomic mass is 35.5. The molecule has 3 rings (SSSR count). The maximum absolute atomic E-state index is 12.2. The van der Waals surface area contributed by atoms with Crippen molar-refractivity contribution in [1.29, 1.82) is 0 Å². The topological polar surface area (TPSA) is 77.6 Å². The first kappa shape index (κ1) is 16.5. The van der Waals surface area contributed by atoms with Crippen molar-refractivity contribution in [2.45, 2.75) is 13.5 Å². The zero-order chi connectivity index (χ0) is 17.3. The van der Waals surface area contributed by atoms with E-state index in [9.17, 15) is 4.79 Å². The Bertz CT molecular complexity index is 901. The number of aromatic nitrogens is 5. The average Bonchev–Trinajstić information content (AvgIpc) is 3.10. The molecule has 1 amide bonds. The predicted octanol–water partition coefficient (Wildman–Crippen LogP) is 2.93. The summed E-state index contributed by atoms with van der Waals surface area (Å²) in [6.07, 6.45) is 3.03. The summed E-state index contributed by atoms with van der Waals surface area (Å²) in [4.78, 5) is 16.3. The van der Waals surface area contributed by atoms with Gasteiger partial charge in [-0.15, -0.1) is 5.10 Å². The van der Waals surface area contributed by atoms with E-state index in [-0.39, 0.29) is 11.9 Å². The van der Waals surface area contributed by atoms with E-state index < -0.39 is 0 Å². The fourth-order valence-corrected chi connectivity index (χ4v) is 2.61. The molecule has 0 aliphatic rings. The van der Waals surface area contributed by atoms with Gasteiger partial charge in [-0.25, -0.2) is 9.67 Å². The normalized spacial score (nSPS) is 10.8. The van der Waals surface area contributed by atoms with Crippen LogP contribution in [0.4, 0.5) is 5.95 Å². The summed E-state index contributed by atoms with van der Waals surface area (Å²) >= 11 is 12.0.